The number of nitrogens with one attached hydrogen (secondary N) is 1. The number of ether oxygens (including phenoxy) is 1. The molecular weight excluding hydrogens is 413 g/mol. The number of aromatic amines is 1. The number of fused-ring (bicyclic) bond motifs is 3. The predicted molar refractivity (Wildman–Crippen MR) is 120 cm³/mol. The van der Waals surface area contributed by atoms with Crippen LogP contribution in [-0.2, 0) is 6.42 Å². The van der Waals surface area contributed by atoms with E-state index in [1.807, 2.05) is 36.1 Å². The number of aromatic nitrogens is 1. The Morgan fingerprint density at radius 3 is 2.44 bits per heavy atom. The van der Waals surface area contributed by atoms with Crippen LogP contribution < -0.4 is 4.74 Å². The third-order valence-corrected chi connectivity index (χ3v) is 6.76. The zero-order chi connectivity index (χ0) is 22.6. The highest BCUT2D eigenvalue weighted by atomic mass is 19.1. The van der Waals surface area contributed by atoms with E-state index in [9.17, 15) is 4.39 Å². The van der Waals surface area contributed by atoms with Gasteiger partial charge in [-0.1, -0.05) is 18.2 Å². The van der Waals surface area contributed by atoms with Crippen molar-refractivity contribution in [1.82, 2.24) is 9.88 Å². The van der Waals surface area contributed by atoms with Gasteiger partial charge in [-0.3, -0.25) is 4.90 Å². The minimum Gasteiger partial charge on any atom is -0.490 e. The van der Waals surface area contributed by atoms with Crippen LogP contribution in [0.3, 0.4) is 0 Å². The Balaban J connectivity index is 1.65. The van der Waals surface area contributed by atoms with Crippen molar-refractivity contribution in [3.05, 3.63) is 64.9 Å². The van der Waals surface area contributed by atoms with E-state index in [2.05, 4.69) is 4.98 Å². The third kappa shape index (κ3) is 3.79. The van der Waals surface area contributed by atoms with Gasteiger partial charge >= 0.3 is 0 Å². The van der Waals surface area contributed by atoms with E-state index >= 15 is 8.78 Å². The molecule has 3 aromatic rings. The SMILES string of the molecule is C[C@@H]1Cc2c([nH]c3ccccc23)[C@@H](c2c(F)cc(OC3CCC3)cc2F)N1CC(C)(C)F. The maximum absolute atomic E-state index is 15.5. The topological polar surface area (TPSA) is 28.3 Å². The number of para-hydroxylation sites is 1. The molecule has 2 aliphatic rings. The zero-order valence-electron chi connectivity index (χ0n) is 18.7. The molecule has 1 aliphatic carbocycles. The summed E-state index contributed by atoms with van der Waals surface area (Å²) in [5.41, 5.74) is 1.12. The van der Waals surface area contributed by atoms with Gasteiger partial charge in [0.05, 0.1) is 12.1 Å². The number of H-pyrrole nitrogens is 1. The molecule has 0 saturated heterocycles. The summed E-state index contributed by atoms with van der Waals surface area (Å²) in [6.07, 6.45) is 3.59. The van der Waals surface area contributed by atoms with Crippen molar-refractivity contribution in [3.8, 4) is 5.75 Å². The minimum absolute atomic E-state index is 0.0264. The Labute approximate surface area is 186 Å². The standard InChI is InChI=1S/C26H29F3N2O/c1-15-11-19-18-9-4-5-10-22(18)30-24(19)25(31(15)14-26(2,3)29)23-20(27)12-17(13-21(23)28)32-16-7-6-8-16/h4-5,9-10,12-13,15-16,25,30H,6-8,11,14H2,1-3H3/t15-,25-/m1/s1. The Hall–Kier alpha value is -2.47. The fourth-order valence-electron chi connectivity index (χ4n) is 5.07. The summed E-state index contributed by atoms with van der Waals surface area (Å²) in [6, 6.07) is 9.57. The first kappa shape index (κ1) is 21.4. The highest BCUT2D eigenvalue weighted by Crippen LogP contribution is 2.44. The van der Waals surface area contributed by atoms with E-state index in [1.165, 1.54) is 26.0 Å². The summed E-state index contributed by atoms with van der Waals surface area (Å²) in [5.74, 6) is -1.11. The zero-order valence-corrected chi connectivity index (χ0v) is 18.7. The van der Waals surface area contributed by atoms with Crippen molar-refractivity contribution < 1.29 is 17.9 Å². The number of rotatable bonds is 5. The van der Waals surface area contributed by atoms with Crippen molar-refractivity contribution in [3.63, 3.8) is 0 Å². The van der Waals surface area contributed by atoms with Crippen LogP contribution in [0.2, 0.25) is 0 Å². The molecule has 170 valence electrons. The number of nitrogens with zero attached hydrogens (tertiary/aromatic N) is 1. The summed E-state index contributed by atoms with van der Waals surface area (Å²) < 4.78 is 51.5. The van der Waals surface area contributed by atoms with Crippen molar-refractivity contribution in [2.45, 2.75) is 70.3 Å². The van der Waals surface area contributed by atoms with Gasteiger partial charge in [0.1, 0.15) is 23.1 Å². The van der Waals surface area contributed by atoms with Gasteiger partial charge in [0.2, 0.25) is 0 Å². The van der Waals surface area contributed by atoms with E-state index in [0.717, 1.165) is 41.4 Å². The molecule has 1 saturated carbocycles. The number of alkyl halides is 1. The number of hydrogen-bond donors (Lipinski definition) is 1. The van der Waals surface area contributed by atoms with E-state index in [-0.39, 0.29) is 30.0 Å². The van der Waals surface area contributed by atoms with Crippen molar-refractivity contribution in [1.29, 1.82) is 0 Å². The molecule has 1 aliphatic heterocycles. The van der Waals surface area contributed by atoms with Gasteiger partial charge in [-0.25, -0.2) is 13.2 Å². The molecule has 5 rings (SSSR count). The Morgan fingerprint density at radius 1 is 1.12 bits per heavy atom. The van der Waals surface area contributed by atoms with Gasteiger partial charge in [-0.2, -0.15) is 0 Å². The van der Waals surface area contributed by atoms with Gasteiger partial charge in [0.15, 0.2) is 0 Å². The molecular formula is C26H29F3N2O. The molecule has 1 fully saturated rings. The van der Waals surface area contributed by atoms with Crippen LogP contribution >= 0.6 is 0 Å². The van der Waals surface area contributed by atoms with E-state index in [0.29, 0.717) is 6.42 Å². The third-order valence-electron chi connectivity index (χ3n) is 6.76. The predicted octanol–water partition coefficient (Wildman–Crippen LogP) is 6.46. The fourth-order valence-corrected chi connectivity index (χ4v) is 5.07. The second-order valence-corrected chi connectivity index (χ2v) is 9.88. The minimum atomic E-state index is -1.52. The monoisotopic (exact) mass is 442 g/mol. The maximum atomic E-state index is 15.5. The summed E-state index contributed by atoms with van der Waals surface area (Å²) in [4.78, 5) is 5.27. The van der Waals surface area contributed by atoms with E-state index in [4.69, 9.17) is 4.74 Å². The molecule has 0 spiro atoms. The van der Waals surface area contributed by atoms with Gasteiger partial charge in [0.25, 0.3) is 0 Å². The van der Waals surface area contributed by atoms with Crippen LogP contribution in [0.1, 0.15) is 62.9 Å². The Kier molecular flexibility index (Phi) is 5.24. The molecule has 2 heterocycles. The fraction of sp³-hybridized carbons (Fsp3) is 0.462. The summed E-state index contributed by atoms with van der Waals surface area (Å²) in [5, 5.41) is 1.05. The lowest BCUT2D eigenvalue weighted by molar-refractivity contribution is 0.0640. The van der Waals surface area contributed by atoms with Crippen LogP contribution in [0.5, 0.6) is 5.75 Å². The molecule has 32 heavy (non-hydrogen) atoms. The van der Waals surface area contributed by atoms with Gasteiger partial charge in [-0.05, 0) is 58.1 Å². The quantitative estimate of drug-likeness (QED) is 0.491. The first-order chi connectivity index (χ1) is 15.2. The lowest BCUT2D eigenvalue weighted by atomic mass is 9.87. The molecule has 2 atom stereocenters. The lowest BCUT2D eigenvalue weighted by Crippen LogP contribution is -2.48. The molecule has 1 aromatic heterocycles. The molecule has 6 heteroatoms. The molecule has 0 bridgehead atoms. The first-order valence-corrected chi connectivity index (χ1v) is 11.4. The lowest BCUT2D eigenvalue weighted by Gasteiger charge is -2.43. The van der Waals surface area contributed by atoms with Crippen molar-refractivity contribution >= 4 is 10.9 Å². The second-order valence-electron chi connectivity index (χ2n) is 9.88. The number of benzene rings is 2. The van der Waals surface area contributed by atoms with Crippen LogP contribution in [0.15, 0.2) is 36.4 Å². The van der Waals surface area contributed by atoms with Crippen LogP contribution in [-0.4, -0.2) is 34.2 Å². The van der Waals surface area contributed by atoms with Crippen molar-refractivity contribution in [2.24, 2.45) is 0 Å². The maximum Gasteiger partial charge on any atom is 0.135 e. The average molecular weight is 443 g/mol. The Morgan fingerprint density at radius 2 is 1.81 bits per heavy atom. The second kappa shape index (κ2) is 7.84. The van der Waals surface area contributed by atoms with Crippen LogP contribution in [0, 0.1) is 11.6 Å². The van der Waals surface area contributed by atoms with E-state index < -0.39 is 23.3 Å². The molecule has 0 unspecified atom stereocenters. The van der Waals surface area contributed by atoms with Crippen LogP contribution in [0.4, 0.5) is 13.2 Å². The number of halogens is 3. The van der Waals surface area contributed by atoms with Crippen LogP contribution in [0.25, 0.3) is 10.9 Å². The Bertz CT molecular complexity index is 1120. The molecule has 0 radical (unpaired) electrons. The molecule has 1 N–H and O–H groups in total. The van der Waals surface area contributed by atoms with Crippen molar-refractivity contribution in [2.75, 3.05) is 6.54 Å². The van der Waals surface area contributed by atoms with E-state index in [1.54, 1.807) is 0 Å². The average Bonchev–Trinajstić information content (AvgIpc) is 3.04. The molecule has 2 aromatic carbocycles. The highest BCUT2D eigenvalue weighted by Gasteiger charge is 2.41. The first-order valence-electron chi connectivity index (χ1n) is 11.4. The summed E-state index contributed by atoms with van der Waals surface area (Å²) in [7, 11) is 0. The smallest absolute Gasteiger partial charge is 0.135 e. The number of hydrogen-bond acceptors (Lipinski definition) is 2. The highest BCUT2D eigenvalue weighted by molar-refractivity contribution is 5.85. The molecule has 3 nitrogen and oxygen atoms in total. The molecule has 0 amide bonds. The summed E-state index contributed by atoms with van der Waals surface area (Å²) in [6.45, 7) is 5.06. The normalized spacial score (nSPS) is 22.1. The van der Waals surface area contributed by atoms with Gasteiger partial charge in [0, 0.05) is 46.9 Å². The summed E-state index contributed by atoms with van der Waals surface area (Å²) >= 11 is 0. The van der Waals surface area contributed by atoms with Gasteiger partial charge in [-0.15, -0.1) is 0 Å². The largest absolute Gasteiger partial charge is 0.490 e. The van der Waals surface area contributed by atoms with Gasteiger partial charge < -0.3 is 9.72 Å².